The number of halogens is 2. The van der Waals surface area contributed by atoms with Crippen LogP contribution < -0.4 is 11.2 Å². The van der Waals surface area contributed by atoms with Crippen LogP contribution in [0, 0.1) is 17.7 Å². The lowest BCUT2D eigenvalue weighted by atomic mass is 9.96. The molecule has 2 rings (SSSR count). The van der Waals surface area contributed by atoms with Crippen molar-refractivity contribution in [2.75, 3.05) is 0 Å². The Morgan fingerprint density at radius 2 is 2.23 bits per heavy atom. The average Bonchev–Trinajstić information content (AvgIpc) is 2.68. The van der Waals surface area contributed by atoms with Crippen molar-refractivity contribution in [2.24, 2.45) is 0 Å². The number of alkyl halides is 1. The van der Waals surface area contributed by atoms with Crippen LogP contribution in [0.4, 0.5) is 4.39 Å². The van der Waals surface area contributed by atoms with Crippen molar-refractivity contribution in [3.8, 4) is 11.8 Å². The molecule has 3 N–H and O–H groups in total. The largest absolute Gasteiger partial charge is 0.391 e. The molecule has 0 amide bonds. The van der Waals surface area contributed by atoms with Gasteiger partial charge in [0.05, 0.1) is 12.3 Å². The van der Waals surface area contributed by atoms with Gasteiger partial charge in [0.25, 0.3) is 5.56 Å². The summed E-state index contributed by atoms with van der Waals surface area (Å²) >= 11 is 6.29. The first-order chi connectivity index (χ1) is 10.2. The number of ether oxygens (including phenoxy) is 1. The highest BCUT2D eigenvalue weighted by atomic mass is 35.5. The first-order valence-electron chi connectivity index (χ1n) is 6.37. The maximum atomic E-state index is 13.5. The van der Waals surface area contributed by atoms with Gasteiger partial charge in [-0.1, -0.05) is 17.5 Å². The Hall–Kier alpha value is -1.66. The third kappa shape index (κ3) is 2.57. The SMILES string of the molecule is CC#CC1(Cl)[C@@H](O)[C@@H]([C@H](C)O)O[C@H]1n1cc(F)c(=O)[nH]c1=O. The molecule has 5 atom stereocenters. The lowest BCUT2D eigenvalue weighted by molar-refractivity contribution is -0.0775. The van der Waals surface area contributed by atoms with Gasteiger partial charge in [-0.05, 0) is 13.8 Å². The molecule has 1 saturated heterocycles. The molecule has 0 aromatic carbocycles. The van der Waals surface area contributed by atoms with Gasteiger partial charge in [-0.3, -0.25) is 14.3 Å². The molecule has 7 nitrogen and oxygen atoms in total. The first kappa shape index (κ1) is 16.7. The van der Waals surface area contributed by atoms with E-state index in [1.54, 1.807) is 4.98 Å². The van der Waals surface area contributed by atoms with Gasteiger partial charge < -0.3 is 14.9 Å². The third-order valence-corrected chi connectivity index (χ3v) is 3.86. The zero-order chi connectivity index (χ0) is 16.7. The summed E-state index contributed by atoms with van der Waals surface area (Å²) in [7, 11) is 0. The maximum absolute atomic E-state index is 13.5. The van der Waals surface area contributed by atoms with Crippen LogP contribution in [0.5, 0.6) is 0 Å². The van der Waals surface area contributed by atoms with Crippen LogP contribution in [-0.4, -0.2) is 43.0 Å². The molecule has 0 bridgehead atoms. The summed E-state index contributed by atoms with van der Waals surface area (Å²) in [6, 6.07) is 0. The van der Waals surface area contributed by atoms with E-state index < -0.39 is 46.5 Å². The Kier molecular flexibility index (Phi) is 4.44. The molecule has 1 unspecified atom stereocenters. The first-order valence-corrected chi connectivity index (χ1v) is 6.75. The van der Waals surface area contributed by atoms with Crippen molar-refractivity contribution in [1.82, 2.24) is 9.55 Å². The standard InChI is InChI=1S/C13H14ClFN2O5/c1-3-4-13(14)9(19)8(6(2)18)22-11(13)17-5-7(15)10(20)16-12(17)21/h5-6,8-9,11,18-19H,1-2H3,(H,16,20,21)/t6-,8+,9-,11+,13?/m0/s1. The predicted octanol–water partition coefficient (Wildman–Crippen LogP) is -0.684. The molecule has 1 aliphatic rings. The number of nitrogens with one attached hydrogen (secondary N) is 1. The number of H-pyrrole nitrogens is 1. The number of rotatable bonds is 2. The van der Waals surface area contributed by atoms with Crippen LogP contribution in [0.1, 0.15) is 20.1 Å². The van der Waals surface area contributed by atoms with Gasteiger partial charge in [0.1, 0.15) is 12.2 Å². The summed E-state index contributed by atoms with van der Waals surface area (Å²) in [5, 5.41) is 19.9. The van der Waals surface area contributed by atoms with Gasteiger partial charge in [0.2, 0.25) is 5.82 Å². The molecule has 22 heavy (non-hydrogen) atoms. The van der Waals surface area contributed by atoms with E-state index in [0.29, 0.717) is 10.8 Å². The lowest BCUT2D eigenvalue weighted by Gasteiger charge is -2.25. The van der Waals surface area contributed by atoms with E-state index in [1.165, 1.54) is 13.8 Å². The second-order valence-electron chi connectivity index (χ2n) is 4.93. The highest BCUT2D eigenvalue weighted by Gasteiger charge is 2.57. The monoisotopic (exact) mass is 332 g/mol. The van der Waals surface area contributed by atoms with Crippen LogP contribution >= 0.6 is 11.6 Å². The fraction of sp³-hybridized carbons (Fsp3) is 0.538. The number of aromatic nitrogens is 2. The van der Waals surface area contributed by atoms with Crippen LogP contribution in [0.3, 0.4) is 0 Å². The highest BCUT2D eigenvalue weighted by Crippen LogP contribution is 2.43. The average molecular weight is 333 g/mol. The summed E-state index contributed by atoms with van der Waals surface area (Å²) in [4.78, 5) is 22.9. The predicted molar refractivity (Wildman–Crippen MR) is 74.9 cm³/mol. The van der Waals surface area contributed by atoms with E-state index >= 15 is 0 Å². The Labute approximate surface area is 129 Å². The second kappa shape index (κ2) is 5.85. The van der Waals surface area contributed by atoms with Gasteiger partial charge in [-0.25, -0.2) is 4.79 Å². The fourth-order valence-electron chi connectivity index (χ4n) is 2.32. The maximum Gasteiger partial charge on any atom is 0.330 e. The smallest absolute Gasteiger partial charge is 0.330 e. The van der Waals surface area contributed by atoms with E-state index in [4.69, 9.17) is 16.3 Å². The normalized spacial score (nSPS) is 32.4. The molecule has 0 saturated carbocycles. The Morgan fingerprint density at radius 3 is 2.77 bits per heavy atom. The minimum absolute atomic E-state index is 0.622. The third-order valence-electron chi connectivity index (χ3n) is 3.36. The van der Waals surface area contributed by atoms with E-state index in [2.05, 4.69) is 11.8 Å². The number of nitrogens with zero attached hydrogens (tertiary/aromatic N) is 1. The molecule has 1 aliphatic heterocycles. The van der Waals surface area contributed by atoms with Gasteiger partial charge in [0, 0.05) is 0 Å². The molecular weight excluding hydrogens is 319 g/mol. The van der Waals surface area contributed by atoms with Crippen molar-refractivity contribution in [3.63, 3.8) is 0 Å². The van der Waals surface area contributed by atoms with Crippen molar-refractivity contribution >= 4 is 11.6 Å². The van der Waals surface area contributed by atoms with Gasteiger partial charge >= 0.3 is 5.69 Å². The molecule has 0 spiro atoms. The van der Waals surface area contributed by atoms with Crippen molar-refractivity contribution in [2.45, 2.75) is 43.3 Å². The Bertz CT molecular complexity index is 749. The van der Waals surface area contributed by atoms with Crippen LogP contribution in [0.2, 0.25) is 0 Å². The number of hydrogen-bond donors (Lipinski definition) is 3. The summed E-state index contributed by atoms with van der Waals surface area (Å²) in [6.45, 7) is 2.82. The molecule has 1 aromatic heterocycles. The number of aliphatic hydroxyl groups excluding tert-OH is 2. The molecular formula is C13H14ClFN2O5. The summed E-state index contributed by atoms with van der Waals surface area (Å²) in [5.41, 5.74) is -2.16. The Balaban J connectivity index is 2.61. The summed E-state index contributed by atoms with van der Waals surface area (Å²) in [5.74, 6) is 3.80. The van der Waals surface area contributed by atoms with Crippen molar-refractivity contribution < 1.29 is 19.3 Å². The molecule has 9 heteroatoms. The lowest BCUT2D eigenvalue weighted by Crippen LogP contribution is -2.45. The number of hydrogen-bond acceptors (Lipinski definition) is 5. The van der Waals surface area contributed by atoms with E-state index in [1.807, 2.05) is 0 Å². The zero-order valence-corrected chi connectivity index (χ0v) is 12.5. The molecule has 1 fully saturated rings. The van der Waals surface area contributed by atoms with Crippen LogP contribution in [0.25, 0.3) is 0 Å². The minimum Gasteiger partial charge on any atom is -0.391 e. The topological polar surface area (TPSA) is 105 Å². The Morgan fingerprint density at radius 1 is 1.59 bits per heavy atom. The molecule has 0 radical (unpaired) electrons. The van der Waals surface area contributed by atoms with E-state index in [-0.39, 0.29) is 0 Å². The fourth-order valence-corrected chi connectivity index (χ4v) is 2.69. The number of aromatic amines is 1. The van der Waals surface area contributed by atoms with Crippen molar-refractivity contribution in [3.05, 3.63) is 32.9 Å². The molecule has 0 aliphatic carbocycles. The van der Waals surface area contributed by atoms with Gasteiger partial charge in [-0.15, -0.1) is 5.92 Å². The highest BCUT2D eigenvalue weighted by molar-refractivity contribution is 6.27. The quantitative estimate of drug-likeness (QED) is 0.491. The van der Waals surface area contributed by atoms with Crippen LogP contribution in [0.15, 0.2) is 15.8 Å². The number of aliphatic hydroxyl groups is 2. The molecule has 1 aromatic rings. The minimum atomic E-state index is -1.79. The van der Waals surface area contributed by atoms with Crippen molar-refractivity contribution in [1.29, 1.82) is 0 Å². The van der Waals surface area contributed by atoms with Gasteiger partial charge in [-0.2, -0.15) is 4.39 Å². The van der Waals surface area contributed by atoms with E-state index in [0.717, 1.165) is 0 Å². The molecule has 120 valence electrons. The summed E-state index contributed by atoms with van der Waals surface area (Å²) in [6.07, 6.45) is -4.45. The van der Waals surface area contributed by atoms with E-state index in [9.17, 15) is 24.2 Å². The van der Waals surface area contributed by atoms with Crippen LogP contribution in [-0.2, 0) is 4.74 Å². The summed E-state index contributed by atoms with van der Waals surface area (Å²) < 4.78 is 19.6. The second-order valence-corrected chi connectivity index (χ2v) is 5.55. The zero-order valence-electron chi connectivity index (χ0n) is 11.7. The van der Waals surface area contributed by atoms with Gasteiger partial charge in [0.15, 0.2) is 11.1 Å². The molecule has 2 heterocycles.